The van der Waals surface area contributed by atoms with Gasteiger partial charge >= 0.3 is 6.03 Å². The SMILES string of the molecule is CCC(NC(=O)N(C)CCO)c1nccs1. The number of carbonyl (C=O) groups is 1. The first-order valence-corrected chi connectivity index (χ1v) is 6.08. The van der Waals surface area contributed by atoms with E-state index in [2.05, 4.69) is 10.3 Å². The predicted molar refractivity (Wildman–Crippen MR) is 63.4 cm³/mol. The number of likely N-dealkylation sites (N-methyl/N-ethyl adjacent to an activating group) is 1. The standard InChI is InChI=1S/C10H17N3O2S/c1-3-8(9-11-4-7-16-9)12-10(15)13(2)5-6-14/h4,7-8,14H,3,5-6H2,1-2H3,(H,12,15). The van der Waals surface area contributed by atoms with E-state index in [0.29, 0.717) is 6.54 Å². The van der Waals surface area contributed by atoms with Crippen LogP contribution in [0.2, 0.25) is 0 Å². The van der Waals surface area contributed by atoms with Gasteiger partial charge in [-0.25, -0.2) is 9.78 Å². The number of aromatic nitrogens is 1. The molecule has 1 rings (SSSR count). The second-order valence-electron chi connectivity index (χ2n) is 3.43. The molecule has 2 N–H and O–H groups in total. The Morgan fingerprint density at radius 2 is 2.50 bits per heavy atom. The van der Waals surface area contributed by atoms with Crippen molar-refractivity contribution in [3.63, 3.8) is 0 Å². The molecule has 6 heteroatoms. The number of aliphatic hydroxyl groups excluding tert-OH is 1. The third-order valence-corrected chi connectivity index (χ3v) is 3.13. The van der Waals surface area contributed by atoms with Crippen LogP contribution in [0.3, 0.4) is 0 Å². The number of amides is 2. The monoisotopic (exact) mass is 243 g/mol. The summed E-state index contributed by atoms with van der Waals surface area (Å²) in [4.78, 5) is 17.3. The van der Waals surface area contributed by atoms with Crippen LogP contribution >= 0.6 is 11.3 Å². The second-order valence-corrected chi connectivity index (χ2v) is 4.35. The number of rotatable bonds is 5. The molecular weight excluding hydrogens is 226 g/mol. The number of nitrogens with zero attached hydrogens (tertiary/aromatic N) is 2. The number of hydrogen-bond donors (Lipinski definition) is 2. The Labute approximate surface area is 99.1 Å². The molecule has 1 aromatic rings. The minimum atomic E-state index is -0.184. The van der Waals surface area contributed by atoms with E-state index in [-0.39, 0.29) is 18.7 Å². The molecule has 90 valence electrons. The van der Waals surface area contributed by atoms with Crippen molar-refractivity contribution in [2.24, 2.45) is 0 Å². The van der Waals surface area contributed by atoms with Crippen molar-refractivity contribution < 1.29 is 9.90 Å². The molecule has 0 saturated heterocycles. The van der Waals surface area contributed by atoms with E-state index in [1.807, 2.05) is 12.3 Å². The van der Waals surface area contributed by atoms with Crippen LogP contribution < -0.4 is 5.32 Å². The smallest absolute Gasteiger partial charge is 0.317 e. The molecule has 1 unspecified atom stereocenters. The Bertz CT molecular complexity index is 316. The largest absolute Gasteiger partial charge is 0.395 e. The molecule has 0 aliphatic rings. The fourth-order valence-corrected chi connectivity index (χ4v) is 2.03. The average Bonchev–Trinajstić information content (AvgIpc) is 2.79. The van der Waals surface area contributed by atoms with Crippen LogP contribution in [0.5, 0.6) is 0 Å². The molecular formula is C10H17N3O2S. The van der Waals surface area contributed by atoms with Gasteiger partial charge in [-0.15, -0.1) is 11.3 Å². The zero-order valence-corrected chi connectivity index (χ0v) is 10.3. The van der Waals surface area contributed by atoms with Crippen molar-refractivity contribution >= 4 is 17.4 Å². The summed E-state index contributed by atoms with van der Waals surface area (Å²) >= 11 is 1.53. The molecule has 16 heavy (non-hydrogen) atoms. The van der Waals surface area contributed by atoms with Crippen LogP contribution in [0, 0.1) is 0 Å². The summed E-state index contributed by atoms with van der Waals surface area (Å²) < 4.78 is 0. The zero-order valence-electron chi connectivity index (χ0n) is 9.51. The maximum atomic E-state index is 11.7. The summed E-state index contributed by atoms with van der Waals surface area (Å²) in [5.74, 6) is 0. The van der Waals surface area contributed by atoms with Crippen LogP contribution in [-0.4, -0.2) is 41.2 Å². The lowest BCUT2D eigenvalue weighted by Crippen LogP contribution is -2.40. The molecule has 0 aromatic carbocycles. The quantitative estimate of drug-likeness (QED) is 0.817. The lowest BCUT2D eigenvalue weighted by Gasteiger charge is -2.20. The van der Waals surface area contributed by atoms with Gasteiger partial charge in [0, 0.05) is 25.2 Å². The van der Waals surface area contributed by atoms with E-state index in [1.54, 1.807) is 13.2 Å². The molecule has 0 aliphatic carbocycles. The van der Waals surface area contributed by atoms with Crippen LogP contribution in [0.15, 0.2) is 11.6 Å². The molecule has 2 amide bonds. The van der Waals surface area contributed by atoms with Crippen molar-refractivity contribution in [3.05, 3.63) is 16.6 Å². The van der Waals surface area contributed by atoms with Crippen molar-refractivity contribution in [2.45, 2.75) is 19.4 Å². The summed E-state index contributed by atoms with van der Waals surface area (Å²) in [6, 6.07) is -0.232. The van der Waals surface area contributed by atoms with Crippen molar-refractivity contribution in [1.29, 1.82) is 0 Å². The highest BCUT2D eigenvalue weighted by atomic mass is 32.1. The molecule has 1 aromatic heterocycles. The summed E-state index contributed by atoms with van der Waals surface area (Å²) in [5, 5.41) is 14.4. The molecule has 0 bridgehead atoms. The van der Waals surface area contributed by atoms with Gasteiger partial charge in [0.05, 0.1) is 12.6 Å². The number of aliphatic hydroxyl groups is 1. The van der Waals surface area contributed by atoms with Gasteiger partial charge in [0.1, 0.15) is 5.01 Å². The van der Waals surface area contributed by atoms with Gasteiger partial charge < -0.3 is 15.3 Å². The van der Waals surface area contributed by atoms with Crippen LogP contribution in [-0.2, 0) is 0 Å². The lowest BCUT2D eigenvalue weighted by molar-refractivity contribution is 0.187. The maximum absolute atomic E-state index is 11.7. The summed E-state index contributed by atoms with van der Waals surface area (Å²) in [7, 11) is 1.65. The molecule has 0 saturated carbocycles. The third-order valence-electron chi connectivity index (χ3n) is 2.24. The molecule has 0 aliphatic heterocycles. The number of urea groups is 1. The molecule has 0 spiro atoms. The van der Waals surface area contributed by atoms with E-state index in [1.165, 1.54) is 16.2 Å². The van der Waals surface area contributed by atoms with Crippen LogP contribution in [0.1, 0.15) is 24.4 Å². The Balaban J connectivity index is 2.54. The van der Waals surface area contributed by atoms with Gasteiger partial charge in [-0.1, -0.05) is 6.92 Å². The molecule has 0 radical (unpaired) electrons. The van der Waals surface area contributed by atoms with Gasteiger partial charge in [-0.3, -0.25) is 0 Å². The van der Waals surface area contributed by atoms with Gasteiger partial charge in [0.2, 0.25) is 0 Å². The van der Waals surface area contributed by atoms with Crippen molar-refractivity contribution in [3.8, 4) is 0 Å². The highest BCUT2D eigenvalue weighted by Crippen LogP contribution is 2.18. The maximum Gasteiger partial charge on any atom is 0.317 e. The zero-order chi connectivity index (χ0) is 12.0. The van der Waals surface area contributed by atoms with Gasteiger partial charge in [-0.05, 0) is 6.42 Å². The fraction of sp³-hybridized carbons (Fsp3) is 0.600. The number of hydrogen-bond acceptors (Lipinski definition) is 4. The summed E-state index contributed by atoms with van der Waals surface area (Å²) in [5.41, 5.74) is 0. The normalized spacial score (nSPS) is 12.2. The van der Waals surface area contributed by atoms with Gasteiger partial charge in [0.15, 0.2) is 0 Å². The second kappa shape index (κ2) is 6.44. The first-order chi connectivity index (χ1) is 7.69. The highest BCUT2D eigenvalue weighted by Gasteiger charge is 2.16. The Morgan fingerprint density at radius 1 is 1.75 bits per heavy atom. The average molecular weight is 243 g/mol. The van der Waals surface area contributed by atoms with Gasteiger partial charge in [0.25, 0.3) is 0 Å². The first kappa shape index (κ1) is 12.9. The first-order valence-electron chi connectivity index (χ1n) is 5.21. The predicted octanol–water partition coefficient (Wildman–Crippen LogP) is 1.23. The number of thiazole rings is 1. The van der Waals surface area contributed by atoms with Crippen LogP contribution in [0.25, 0.3) is 0 Å². The van der Waals surface area contributed by atoms with Crippen molar-refractivity contribution in [1.82, 2.24) is 15.2 Å². The highest BCUT2D eigenvalue weighted by molar-refractivity contribution is 7.09. The van der Waals surface area contributed by atoms with Gasteiger partial charge in [-0.2, -0.15) is 0 Å². The Morgan fingerprint density at radius 3 is 3.00 bits per heavy atom. The minimum Gasteiger partial charge on any atom is -0.395 e. The topological polar surface area (TPSA) is 65.5 Å². The molecule has 0 fully saturated rings. The lowest BCUT2D eigenvalue weighted by atomic mass is 10.2. The Kier molecular flexibility index (Phi) is 5.21. The molecule has 5 nitrogen and oxygen atoms in total. The summed E-state index contributed by atoms with van der Waals surface area (Å²) in [6.07, 6.45) is 2.53. The molecule has 1 atom stereocenters. The Hall–Kier alpha value is -1.14. The van der Waals surface area contributed by atoms with E-state index in [4.69, 9.17) is 5.11 Å². The fourth-order valence-electron chi connectivity index (χ4n) is 1.26. The third kappa shape index (κ3) is 3.46. The van der Waals surface area contributed by atoms with E-state index >= 15 is 0 Å². The van der Waals surface area contributed by atoms with E-state index in [0.717, 1.165) is 11.4 Å². The minimum absolute atomic E-state index is 0.0298. The number of nitrogens with one attached hydrogen (secondary N) is 1. The number of carbonyl (C=O) groups excluding carboxylic acids is 1. The van der Waals surface area contributed by atoms with Crippen molar-refractivity contribution in [2.75, 3.05) is 20.2 Å². The molecule has 1 heterocycles. The van der Waals surface area contributed by atoms with Crippen LogP contribution in [0.4, 0.5) is 4.79 Å². The van der Waals surface area contributed by atoms with E-state index in [9.17, 15) is 4.79 Å². The van der Waals surface area contributed by atoms with E-state index < -0.39 is 0 Å². The summed E-state index contributed by atoms with van der Waals surface area (Å²) in [6.45, 7) is 2.30.